The van der Waals surface area contributed by atoms with Crippen LogP contribution in [-0.4, -0.2) is 74.1 Å². The lowest BCUT2D eigenvalue weighted by atomic mass is 9.98. The molecule has 2 heterocycles. The van der Waals surface area contributed by atoms with Crippen LogP contribution < -0.4 is 16.0 Å². The summed E-state index contributed by atoms with van der Waals surface area (Å²) in [6.07, 6.45) is 5.08. The molecule has 2 atom stereocenters. The molecule has 1 amide bonds. The van der Waals surface area contributed by atoms with Crippen molar-refractivity contribution in [1.29, 1.82) is 0 Å². The molecule has 2 saturated heterocycles. The van der Waals surface area contributed by atoms with E-state index in [1.54, 1.807) is 0 Å². The van der Waals surface area contributed by atoms with Crippen LogP contribution in [0.15, 0.2) is 30.3 Å². The Morgan fingerprint density at radius 2 is 1.76 bits per heavy atom. The third-order valence-corrected chi connectivity index (χ3v) is 6.85. The summed E-state index contributed by atoms with van der Waals surface area (Å²) in [5.41, 5.74) is 0.897. The quantitative estimate of drug-likeness (QED) is 0.478. The lowest BCUT2D eigenvalue weighted by molar-refractivity contribution is 0.0520. The number of piperidine rings is 1. The molecule has 2 aliphatic rings. The first-order chi connectivity index (χ1) is 16.3. The summed E-state index contributed by atoms with van der Waals surface area (Å²) in [7, 11) is 0. The first kappa shape index (κ1) is 26.9. The topological polar surface area (TPSA) is 74.9 Å². The molecule has 7 heteroatoms. The van der Waals surface area contributed by atoms with Crippen molar-refractivity contribution in [2.24, 2.45) is 0 Å². The monoisotopic (exact) mass is 474 g/mol. The summed E-state index contributed by atoms with van der Waals surface area (Å²) in [6, 6.07) is 12.7. The van der Waals surface area contributed by atoms with Crippen molar-refractivity contribution in [2.45, 2.75) is 89.6 Å². The smallest absolute Gasteiger partial charge is 0.407 e. The molecule has 192 valence electrons. The Balaban J connectivity index is 1.41. The highest BCUT2D eigenvalue weighted by Crippen LogP contribution is 2.20. The molecule has 2 aliphatic heterocycles. The minimum absolute atomic E-state index is 0.316. The number of nitrogens with zero attached hydrogens (tertiary/aromatic N) is 1. The fraction of sp³-hybridized carbons (Fsp3) is 0.741. The summed E-state index contributed by atoms with van der Waals surface area (Å²) in [6.45, 7) is 13.4. The van der Waals surface area contributed by atoms with Crippen LogP contribution in [0, 0.1) is 0 Å². The minimum Gasteiger partial charge on any atom is -0.444 e. The van der Waals surface area contributed by atoms with Gasteiger partial charge in [-0.1, -0.05) is 30.3 Å². The maximum absolute atomic E-state index is 11.9. The van der Waals surface area contributed by atoms with Gasteiger partial charge in [0.1, 0.15) is 5.60 Å². The molecule has 1 unspecified atom stereocenters. The number of nitrogens with one attached hydrogen (secondary N) is 3. The van der Waals surface area contributed by atoms with E-state index >= 15 is 0 Å². The van der Waals surface area contributed by atoms with Crippen molar-refractivity contribution in [1.82, 2.24) is 20.9 Å². The minimum atomic E-state index is -0.456. The number of hydrogen-bond acceptors (Lipinski definition) is 6. The lowest BCUT2D eigenvalue weighted by Gasteiger charge is -2.38. The number of hydrogen-bond donors (Lipinski definition) is 3. The van der Waals surface area contributed by atoms with Crippen LogP contribution in [0.25, 0.3) is 0 Å². The van der Waals surface area contributed by atoms with E-state index in [-0.39, 0.29) is 6.09 Å². The number of carbonyl (C=O) groups excluding carboxylic acids is 1. The molecule has 0 radical (unpaired) electrons. The van der Waals surface area contributed by atoms with Gasteiger partial charge in [0, 0.05) is 50.5 Å². The van der Waals surface area contributed by atoms with Crippen LogP contribution >= 0.6 is 0 Å². The van der Waals surface area contributed by atoms with Gasteiger partial charge in [0.25, 0.3) is 0 Å². The summed E-state index contributed by atoms with van der Waals surface area (Å²) in [4.78, 5) is 14.4. The van der Waals surface area contributed by atoms with Crippen LogP contribution in [0.4, 0.5) is 4.79 Å². The number of amides is 1. The van der Waals surface area contributed by atoms with E-state index in [4.69, 9.17) is 9.47 Å². The van der Waals surface area contributed by atoms with Crippen LogP contribution in [0.2, 0.25) is 0 Å². The Labute approximate surface area is 206 Å². The molecule has 0 bridgehead atoms. The number of likely N-dealkylation sites (tertiary alicyclic amines) is 1. The van der Waals surface area contributed by atoms with E-state index in [2.05, 4.69) is 58.1 Å². The number of benzene rings is 1. The molecule has 0 aliphatic carbocycles. The zero-order valence-corrected chi connectivity index (χ0v) is 21.6. The Morgan fingerprint density at radius 3 is 2.41 bits per heavy atom. The van der Waals surface area contributed by atoms with Gasteiger partial charge in [0.2, 0.25) is 0 Å². The van der Waals surface area contributed by atoms with Crippen LogP contribution in [0.5, 0.6) is 0 Å². The van der Waals surface area contributed by atoms with Crippen LogP contribution in [0.3, 0.4) is 0 Å². The second-order valence-corrected chi connectivity index (χ2v) is 10.8. The molecule has 1 aromatic rings. The summed E-state index contributed by atoms with van der Waals surface area (Å²) in [5.74, 6) is 0. The average Bonchev–Trinajstić information content (AvgIpc) is 2.82. The molecule has 1 aromatic carbocycles. The lowest BCUT2D eigenvalue weighted by Crippen LogP contribution is -2.49. The van der Waals surface area contributed by atoms with Gasteiger partial charge in [-0.3, -0.25) is 0 Å². The number of alkyl carbamates (subject to hydrolysis) is 1. The van der Waals surface area contributed by atoms with Crippen molar-refractivity contribution in [2.75, 3.05) is 39.4 Å². The van der Waals surface area contributed by atoms with Gasteiger partial charge in [-0.15, -0.1) is 0 Å². The first-order valence-electron chi connectivity index (χ1n) is 13.1. The number of carbonyl (C=O) groups is 1. The molecule has 3 rings (SSSR count). The zero-order valence-electron chi connectivity index (χ0n) is 21.6. The third kappa shape index (κ3) is 9.53. The zero-order chi connectivity index (χ0) is 24.4. The normalized spacial score (nSPS) is 20.6. The number of ether oxygens (including phenoxy) is 2. The van der Waals surface area contributed by atoms with Crippen molar-refractivity contribution in [3.63, 3.8) is 0 Å². The Bertz CT molecular complexity index is 710. The largest absolute Gasteiger partial charge is 0.444 e. The van der Waals surface area contributed by atoms with Gasteiger partial charge in [0.15, 0.2) is 0 Å². The van der Waals surface area contributed by atoms with E-state index in [0.717, 1.165) is 65.0 Å². The molecule has 34 heavy (non-hydrogen) atoms. The highest BCUT2D eigenvalue weighted by atomic mass is 16.6. The summed E-state index contributed by atoms with van der Waals surface area (Å²) >= 11 is 0. The van der Waals surface area contributed by atoms with Gasteiger partial charge < -0.3 is 30.3 Å². The van der Waals surface area contributed by atoms with E-state index in [0.29, 0.717) is 30.7 Å². The van der Waals surface area contributed by atoms with Crippen LogP contribution in [-0.2, 0) is 9.47 Å². The van der Waals surface area contributed by atoms with Gasteiger partial charge in [-0.05, 0) is 78.5 Å². The van der Waals surface area contributed by atoms with Gasteiger partial charge >= 0.3 is 6.09 Å². The maximum atomic E-state index is 11.9. The fourth-order valence-corrected chi connectivity index (χ4v) is 4.82. The third-order valence-electron chi connectivity index (χ3n) is 6.85. The number of rotatable bonds is 10. The van der Waals surface area contributed by atoms with Gasteiger partial charge in [-0.2, -0.15) is 0 Å². The highest BCUT2D eigenvalue weighted by molar-refractivity contribution is 5.67. The van der Waals surface area contributed by atoms with Gasteiger partial charge in [0.05, 0.1) is 0 Å². The molecule has 2 fully saturated rings. The fourth-order valence-electron chi connectivity index (χ4n) is 4.82. The Hall–Kier alpha value is -1.67. The SMILES string of the molecule is CC(CCNC(=O)OC(C)(C)C)N1CCC(N[C@@H](CNC2CCOCC2)c2ccccc2)CC1. The van der Waals surface area contributed by atoms with Crippen molar-refractivity contribution >= 4 is 6.09 Å². The molecule has 0 spiro atoms. The standard InChI is InChI=1S/C27H46N4O3/c1-21(10-15-28-26(32)34-27(2,3)4)31-16-11-24(12-17-31)30-25(22-8-6-5-7-9-22)20-29-23-13-18-33-19-14-23/h5-9,21,23-25,29-30H,10-20H2,1-4H3,(H,28,32)/t21?,25-/m0/s1. The molecule has 7 nitrogen and oxygen atoms in total. The first-order valence-corrected chi connectivity index (χ1v) is 13.1. The van der Waals surface area contributed by atoms with E-state index in [1.165, 1.54) is 5.56 Å². The van der Waals surface area contributed by atoms with Crippen molar-refractivity contribution in [3.8, 4) is 0 Å². The predicted octanol–water partition coefficient (Wildman–Crippen LogP) is 3.85. The van der Waals surface area contributed by atoms with Crippen molar-refractivity contribution in [3.05, 3.63) is 35.9 Å². The predicted molar refractivity (Wildman–Crippen MR) is 137 cm³/mol. The maximum Gasteiger partial charge on any atom is 0.407 e. The molecule has 3 N–H and O–H groups in total. The highest BCUT2D eigenvalue weighted by Gasteiger charge is 2.26. The van der Waals surface area contributed by atoms with E-state index in [9.17, 15) is 4.79 Å². The van der Waals surface area contributed by atoms with Gasteiger partial charge in [-0.25, -0.2) is 4.79 Å². The van der Waals surface area contributed by atoms with Crippen molar-refractivity contribution < 1.29 is 14.3 Å². The average molecular weight is 475 g/mol. The Morgan fingerprint density at radius 1 is 1.09 bits per heavy atom. The Kier molecular flexibility index (Phi) is 10.6. The molecular weight excluding hydrogens is 428 g/mol. The summed E-state index contributed by atoms with van der Waals surface area (Å²) in [5, 5.41) is 10.6. The molecular formula is C27H46N4O3. The second-order valence-electron chi connectivity index (χ2n) is 10.8. The summed E-state index contributed by atoms with van der Waals surface area (Å²) < 4.78 is 10.8. The van der Waals surface area contributed by atoms with E-state index in [1.807, 2.05) is 20.8 Å². The molecule has 0 aromatic heterocycles. The van der Waals surface area contributed by atoms with E-state index < -0.39 is 5.60 Å². The second kappa shape index (κ2) is 13.4. The van der Waals surface area contributed by atoms with Crippen LogP contribution in [0.1, 0.15) is 71.4 Å². The molecule has 0 saturated carbocycles.